The Morgan fingerprint density at radius 1 is 1.38 bits per heavy atom. The van der Waals surface area contributed by atoms with Crippen molar-refractivity contribution in [1.82, 2.24) is 0 Å². The lowest BCUT2D eigenvalue weighted by atomic mass is 10.1. The van der Waals surface area contributed by atoms with E-state index in [0.29, 0.717) is 0 Å². The van der Waals surface area contributed by atoms with Crippen LogP contribution < -0.4 is 10.1 Å². The number of hydrogen-bond donors (Lipinski definition) is 1. The maximum Gasteiger partial charge on any atom is 0.161 e. The molecule has 0 fully saturated rings. The van der Waals surface area contributed by atoms with Crippen molar-refractivity contribution in [2.24, 2.45) is 4.99 Å². The van der Waals surface area contributed by atoms with E-state index in [9.17, 15) is 0 Å². The minimum absolute atomic E-state index is 0.0367. The average Bonchev–Trinajstić information content (AvgIpc) is 2.59. The molecule has 2 rings (SSSR count). The molecule has 1 aromatic rings. The summed E-state index contributed by atoms with van der Waals surface area (Å²) in [6.45, 7) is 4.27. The summed E-state index contributed by atoms with van der Waals surface area (Å²) in [5, 5.41) is 4.27. The van der Waals surface area contributed by atoms with Crippen LogP contribution in [0.4, 0.5) is 5.69 Å². The zero-order valence-electron chi connectivity index (χ0n) is 9.78. The molecule has 1 aliphatic rings. The van der Waals surface area contributed by atoms with E-state index in [0.717, 1.165) is 22.4 Å². The van der Waals surface area contributed by atoms with Crippen LogP contribution in [0.1, 0.15) is 13.8 Å². The lowest BCUT2D eigenvalue weighted by Gasteiger charge is -2.10. The van der Waals surface area contributed by atoms with Crippen LogP contribution in [0.5, 0.6) is 5.75 Å². The molecule has 0 bridgehead atoms. The third kappa shape index (κ3) is 2.50. The first kappa shape index (κ1) is 11.3. The average molecular weight is 236 g/mol. The fourth-order valence-electron chi connectivity index (χ4n) is 1.51. The van der Waals surface area contributed by atoms with E-state index in [1.54, 1.807) is 18.9 Å². The Bertz CT molecular complexity index is 415. The van der Waals surface area contributed by atoms with E-state index in [1.165, 1.54) is 0 Å². The first-order valence-electron chi connectivity index (χ1n) is 5.23. The molecule has 0 unspecified atom stereocenters. The fraction of sp³-hybridized carbons (Fsp3) is 0.417. The normalized spacial score (nSPS) is 18.1. The van der Waals surface area contributed by atoms with Gasteiger partial charge in [0.15, 0.2) is 5.17 Å². The Kier molecular flexibility index (Phi) is 3.10. The lowest BCUT2D eigenvalue weighted by Crippen LogP contribution is -2.15. The Morgan fingerprint density at radius 2 is 2.12 bits per heavy atom. The molecule has 4 heteroatoms. The van der Waals surface area contributed by atoms with Gasteiger partial charge in [-0.2, -0.15) is 0 Å². The highest BCUT2D eigenvalue weighted by Crippen LogP contribution is 2.30. The van der Waals surface area contributed by atoms with Gasteiger partial charge in [0.25, 0.3) is 0 Å². The summed E-state index contributed by atoms with van der Waals surface area (Å²) in [6.07, 6.45) is 0. The number of aliphatic imine (C=N–C) groups is 1. The molecule has 1 aliphatic heterocycles. The summed E-state index contributed by atoms with van der Waals surface area (Å²) < 4.78 is 5.28. The molecule has 0 saturated carbocycles. The molecule has 0 aromatic heterocycles. The van der Waals surface area contributed by atoms with Gasteiger partial charge in [-0.25, -0.2) is 0 Å². The summed E-state index contributed by atoms with van der Waals surface area (Å²) in [7, 11) is 1.67. The molecule has 0 spiro atoms. The monoisotopic (exact) mass is 236 g/mol. The van der Waals surface area contributed by atoms with Crippen molar-refractivity contribution < 1.29 is 4.74 Å². The highest BCUT2D eigenvalue weighted by molar-refractivity contribution is 8.14. The van der Waals surface area contributed by atoms with Crippen molar-refractivity contribution in [2.45, 2.75) is 19.4 Å². The molecule has 0 aliphatic carbocycles. The van der Waals surface area contributed by atoms with Crippen LogP contribution in [0.3, 0.4) is 0 Å². The third-order valence-corrected chi connectivity index (χ3v) is 3.63. The molecule has 1 heterocycles. The number of para-hydroxylation sites is 2. The molecule has 0 amide bonds. The lowest BCUT2D eigenvalue weighted by molar-refractivity contribution is 0.417. The van der Waals surface area contributed by atoms with Crippen LogP contribution in [0.2, 0.25) is 0 Å². The van der Waals surface area contributed by atoms with Gasteiger partial charge >= 0.3 is 0 Å². The summed E-state index contributed by atoms with van der Waals surface area (Å²) >= 11 is 1.75. The number of thioether (sulfide) groups is 1. The molecule has 1 aromatic carbocycles. The predicted molar refractivity (Wildman–Crippen MR) is 70.6 cm³/mol. The van der Waals surface area contributed by atoms with Gasteiger partial charge in [0.1, 0.15) is 5.75 Å². The second kappa shape index (κ2) is 4.37. The maximum atomic E-state index is 5.28. The number of hydrogen-bond acceptors (Lipinski definition) is 4. The molecule has 3 nitrogen and oxygen atoms in total. The number of amidine groups is 1. The molecule has 16 heavy (non-hydrogen) atoms. The van der Waals surface area contributed by atoms with Crippen LogP contribution in [-0.2, 0) is 0 Å². The standard InChI is InChI=1S/C12H16N2OS/c1-12(2)8-16-11(14-12)13-9-6-4-5-7-10(9)15-3/h4-7H,8H2,1-3H3,(H,13,14). The summed E-state index contributed by atoms with van der Waals surface area (Å²) in [5.41, 5.74) is 1.00. The molecular formula is C12H16N2OS. The Balaban J connectivity index is 2.16. The maximum absolute atomic E-state index is 5.28. The number of methoxy groups -OCH3 is 1. The smallest absolute Gasteiger partial charge is 0.161 e. The SMILES string of the molecule is COc1ccccc1NC1=NC(C)(C)CS1. The highest BCUT2D eigenvalue weighted by atomic mass is 32.2. The van der Waals surface area contributed by atoms with Crippen LogP contribution >= 0.6 is 11.8 Å². The topological polar surface area (TPSA) is 33.6 Å². The van der Waals surface area contributed by atoms with E-state index in [-0.39, 0.29) is 5.54 Å². The van der Waals surface area contributed by atoms with E-state index < -0.39 is 0 Å². The Labute approximate surface area is 100 Å². The highest BCUT2D eigenvalue weighted by Gasteiger charge is 2.25. The van der Waals surface area contributed by atoms with Gasteiger partial charge in [-0.05, 0) is 26.0 Å². The second-order valence-corrected chi connectivity index (χ2v) is 5.31. The fourth-order valence-corrected chi connectivity index (χ4v) is 2.56. The largest absolute Gasteiger partial charge is 0.495 e. The Morgan fingerprint density at radius 3 is 2.75 bits per heavy atom. The number of rotatable bonds is 2. The molecule has 86 valence electrons. The van der Waals surface area contributed by atoms with Gasteiger partial charge < -0.3 is 10.1 Å². The minimum atomic E-state index is 0.0367. The zero-order valence-corrected chi connectivity index (χ0v) is 10.6. The summed E-state index contributed by atoms with van der Waals surface area (Å²) in [4.78, 5) is 4.60. The van der Waals surface area contributed by atoms with Crippen LogP contribution in [-0.4, -0.2) is 23.6 Å². The van der Waals surface area contributed by atoms with Crippen molar-refractivity contribution in [3.05, 3.63) is 24.3 Å². The molecule has 0 radical (unpaired) electrons. The van der Waals surface area contributed by atoms with Gasteiger partial charge in [-0.15, -0.1) is 0 Å². The van der Waals surface area contributed by atoms with Crippen molar-refractivity contribution in [1.29, 1.82) is 0 Å². The van der Waals surface area contributed by atoms with Crippen molar-refractivity contribution in [3.63, 3.8) is 0 Å². The number of nitrogens with one attached hydrogen (secondary N) is 1. The first-order chi connectivity index (χ1) is 7.61. The quantitative estimate of drug-likeness (QED) is 0.857. The van der Waals surface area contributed by atoms with Gasteiger partial charge in [-0.3, -0.25) is 4.99 Å². The summed E-state index contributed by atoms with van der Waals surface area (Å²) in [6, 6.07) is 7.87. The van der Waals surface area contributed by atoms with Gasteiger partial charge in [0.05, 0.1) is 18.3 Å². The predicted octanol–water partition coefficient (Wildman–Crippen LogP) is 2.99. The number of nitrogens with zero attached hydrogens (tertiary/aromatic N) is 1. The molecular weight excluding hydrogens is 220 g/mol. The van der Waals surface area contributed by atoms with Crippen LogP contribution in [0, 0.1) is 0 Å². The minimum Gasteiger partial charge on any atom is -0.495 e. The third-order valence-electron chi connectivity index (χ3n) is 2.31. The van der Waals surface area contributed by atoms with Crippen LogP contribution in [0.15, 0.2) is 29.3 Å². The van der Waals surface area contributed by atoms with Crippen LogP contribution in [0.25, 0.3) is 0 Å². The van der Waals surface area contributed by atoms with E-state index >= 15 is 0 Å². The second-order valence-electron chi connectivity index (χ2n) is 4.34. The van der Waals surface area contributed by atoms with E-state index in [4.69, 9.17) is 4.74 Å². The molecule has 0 atom stereocenters. The molecule has 1 N–H and O–H groups in total. The number of ether oxygens (including phenoxy) is 1. The van der Waals surface area contributed by atoms with Gasteiger partial charge in [0, 0.05) is 5.75 Å². The number of anilines is 1. The van der Waals surface area contributed by atoms with Crippen molar-refractivity contribution in [3.8, 4) is 5.75 Å². The van der Waals surface area contributed by atoms with Gasteiger partial charge in [0.2, 0.25) is 0 Å². The first-order valence-corrected chi connectivity index (χ1v) is 6.22. The molecule has 0 saturated heterocycles. The zero-order chi connectivity index (χ0) is 11.6. The Hall–Kier alpha value is -1.16. The summed E-state index contributed by atoms with van der Waals surface area (Å²) in [5.74, 6) is 1.86. The van der Waals surface area contributed by atoms with E-state index in [2.05, 4.69) is 24.2 Å². The van der Waals surface area contributed by atoms with E-state index in [1.807, 2.05) is 24.3 Å². The van der Waals surface area contributed by atoms with Crippen molar-refractivity contribution in [2.75, 3.05) is 18.2 Å². The number of benzene rings is 1. The van der Waals surface area contributed by atoms with Gasteiger partial charge in [-0.1, -0.05) is 23.9 Å². The van der Waals surface area contributed by atoms with Crippen molar-refractivity contribution >= 4 is 22.6 Å².